The van der Waals surface area contributed by atoms with E-state index in [0.717, 1.165) is 25.9 Å². The van der Waals surface area contributed by atoms with Crippen molar-refractivity contribution in [1.29, 1.82) is 0 Å². The summed E-state index contributed by atoms with van der Waals surface area (Å²) in [5.74, 6) is 0. The van der Waals surface area contributed by atoms with Gasteiger partial charge in [-0.2, -0.15) is 0 Å². The van der Waals surface area contributed by atoms with E-state index in [4.69, 9.17) is 0 Å². The predicted octanol–water partition coefficient (Wildman–Crippen LogP) is 0.330. The van der Waals surface area contributed by atoms with Gasteiger partial charge in [-0.25, -0.2) is 0 Å². The Hall–Kier alpha value is -0.160. The smallest absolute Gasteiger partial charge is 0.0625 e. The van der Waals surface area contributed by atoms with Gasteiger partial charge in [0.1, 0.15) is 0 Å². The quantitative estimate of drug-likeness (QED) is 0.337. The average molecular weight is 202 g/mol. The van der Waals surface area contributed by atoms with E-state index in [2.05, 4.69) is 55.8 Å². The van der Waals surface area contributed by atoms with Gasteiger partial charge in [0.2, 0.25) is 0 Å². The Kier molecular flexibility index (Phi) is 8.08. The minimum atomic E-state index is 0.505. The van der Waals surface area contributed by atoms with Crippen molar-refractivity contribution >= 4 is 0 Å². The molecule has 0 aromatic rings. The Morgan fingerprint density at radius 2 is 1.43 bits per heavy atom. The summed E-state index contributed by atoms with van der Waals surface area (Å²) >= 11 is 0. The summed E-state index contributed by atoms with van der Waals surface area (Å²) < 4.78 is 0. The van der Waals surface area contributed by atoms with Crippen molar-refractivity contribution < 1.29 is 0 Å². The summed E-state index contributed by atoms with van der Waals surface area (Å²) in [6.07, 6.45) is 2.79. The summed E-state index contributed by atoms with van der Waals surface area (Å²) in [6.45, 7) is 4.20. The molecule has 0 aliphatic rings. The van der Waals surface area contributed by atoms with Crippen molar-refractivity contribution in [3.63, 3.8) is 0 Å². The molecule has 0 amide bonds. The second kappa shape index (κ2) is 8.17. The van der Waals surface area contributed by atoms with Gasteiger partial charge in [-0.1, -0.05) is 6.92 Å². The highest BCUT2D eigenvalue weighted by Crippen LogP contribution is 2.00. The zero-order valence-corrected chi connectivity index (χ0v) is 10.3. The van der Waals surface area contributed by atoms with Crippen molar-refractivity contribution in [2.75, 3.05) is 41.3 Å². The Labute approximate surface area is 88.6 Å². The molecular formula is C10H26N4. The van der Waals surface area contributed by atoms with E-state index in [0.29, 0.717) is 6.17 Å². The molecule has 0 aromatic heterocycles. The van der Waals surface area contributed by atoms with Gasteiger partial charge in [-0.15, -0.1) is 0 Å². The first-order valence-electron chi connectivity index (χ1n) is 5.38. The van der Waals surface area contributed by atoms with Crippen LogP contribution in [0.5, 0.6) is 0 Å². The zero-order valence-electron chi connectivity index (χ0n) is 10.3. The van der Waals surface area contributed by atoms with E-state index in [1.165, 1.54) is 0 Å². The van der Waals surface area contributed by atoms with Crippen LogP contribution in [0.2, 0.25) is 0 Å². The molecule has 0 saturated heterocycles. The first-order chi connectivity index (χ1) is 6.59. The van der Waals surface area contributed by atoms with Gasteiger partial charge in [0.15, 0.2) is 0 Å². The molecule has 0 bridgehead atoms. The van der Waals surface area contributed by atoms with Crippen LogP contribution in [0.25, 0.3) is 0 Å². The van der Waals surface area contributed by atoms with E-state index < -0.39 is 0 Å². The van der Waals surface area contributed by atoms with Crippen LogP contribution in [0, 0.1) is 0 Å². The first-order valence-corrected chi connectivity index (χ1v) is 5.38. The minimum Gasteiger partial charge on any atom is -0.294 e. The number of rotatable bonds is 8. The van der Waals surface area contributed by atoms with E-state index in [1.807, 2.05) is 0 Å². The molecular weight excluding hydrogens is 176 g/mol. The second-order valence-electron chi connectivity index (χ2n) is 4.05. The van der Waals surface area contributed by atoms with Crippen LogP contribution in [-0.4, -0.2) is 57.2 Å². The third kappa shape index (κ3) is 6.32. The van der Waals surface area contributed by atoms with E-state index in [-0.39, 0.29) is 0 Å². The highest BCUT2D eigenvalue weighted by Gasteiger charge is 2.12. The summed E-state index contributed by atoms with van der Waals surface area (Å²) in [7, 11) is 8.46. The first kappa shape index (κ1) is 13.8. The van der Waals surface area contributed by atoms with Gasteiger partial charge in [0.05, 0.1) is 6.17 Å². The van der Waals surface area contributed by atoms with E-state index >= 15 is 0 Å². The minimum absolute atomic E-state index is 0.505. The van der Waals surface area contributed by atoms with Crippen LogP contribution < -0.4 is 10.9 Å². The maximum atomic E-state index is 3.22. The average Bonchev–Trinajstić information content (AvgIpc) is 2.09. The van der Waals surface area contributed by atoms with Crippen LogP contribution in [-0.2, 0) is 0 Å². The topological polar surface area (TPSA) is 30.5 Å². The van der Waals surface area contributed by atoms with Crippen molar-refractivity contribution in [3.8, 4) is 0 Å². The number of hydrazine groups is 1. The largest absolute Gasteiger partial charge is 0.294 e. The second-order valence-corrected chi connectivity index (χ2v) is 4.05. The molecule has 0 aliphatic carbocycles. The van der Waals surface area contributed by atoms with Crippen LogP contribution in [0.1, 0.15) is 19.8 Å². The summed E-state index contributed by atoms with van der Waals surface area (Å²) in [4.78, 5) is 4.48. The van der Waals surface area contributed by atoms with Gasteiger partial charge in [0, 0.05) is 13.1 Å². The molecule has 0 aromatic carbocycles. The standard InChI is InChI=1S/C10H26N4/c1-6-8-11-12-9-7-10(13(2)3)14(4)5/h10-12H,6-9H2,1-5H3. The molecule has 0 fully saturated rings. The molecule has 2 N–H and O–H groups in total. The molecule has 0 unspecified atom stereocenters. The monoisotopic (exact) mass is 202 g/mol. The van der Waals surface area contributed by atoms with Crippen LogP contribution in [0.3, 0.4) is 0 Å². The highest BCUT2D eigenvalue weighted by molar-refractivity contribution is 4.63. The van der Waals surface area contributed by atoms with Gasteiger partial charge in [-0.05, 0) is 41.0 Å². The Balaban J connectivity index is 3.52. The summed E-state index contributed by atoms with van der Waals surface area (Å²) in [5, 5.41) is 0. The van der Waals surface area contributed by atoms with Crippen molar-refractivity contribution in [3.05, 3.63) is 0 Å². The number of nitrogens with zero attached hydrogens (tertiary/aromatic N) is 2. The fourth-order valence-electron chi connectivity index (χ4n) is 1.48. The van der Waals surface area contributed by atoms with Crippen LogP contribution in [0.4, 0.5) is 0 Å². The molecule has 0 aliphatic heterocycles. The predicted molar refractivity (Wildman–Crippen MR) is 62.1 cm³/mol. The summed E-state index contributed by atoms with van der Waals surface area (Å²) in [6, 6.07) is 0. The van der Waals surface area contributed by atoms with Crippen LogP contribution >= 0.6 is 0 Å². The third-order valence-electron chi connectivity index (χ3n) is 2.22. The SMILES string of the molecule is CCCNNCCC(N(C)C)N(C)C. The molecule has 0 saturated carbocycles. The van der Waals surface area contributed by atoms with Gasteiger partial charge in [-0.3, -0.25) is 20.7 Å². The lowest BCUT2D eigenvalue weighted by molar-refractivity contribution is 0.119. The highest BCUT2D eigenvalue weighted by atomic mass is 15.4. The number of hydrogen-bond acceptors (Lipinski definition) is 4. The fourth-order valence-corrected chi connectivity index (χ4v) is 1.48. The summed E-state index contributed by atoms with van der Waals surface area (Å²) in [5.41, 5.74) is 6.40. The van der Waals surface area contributed by atoms with Crippen molar-refractivity contribution in [1.82, 2.24) is 20.7 Å². The Morgan fingerprint density at radius 3 is 1.86 bits per heavy atom. The van der Waals surface area contributed by atoms with E-state index in [1.54, 1.807) is 0 Å². The maximum absolute atomic E-state index is 3.22. The number of hydrogen-bond donors (Lipinski definition) is 2. The Bertz CT molecular complexity index is 117. The molecule has 4 heteroatoms. The van der Waals surface area contributed by atoms with Crippen molar-refractivity contribution in [2.45, 2.75) is 25.9 Å². The third-order valence-corrected chi connectivity index (χ3v) is 2.22. The van der Waals surface area contributed by atoms with E-state index in [9.17, 15) is 0 Å². The van der Waals surface area contributed by atoms with Gasteiger partial charge < -0.3 is 0 Å². The zero-order chi connectivity index (χ0) is 11.0. The molecule has 0 heterocycles. The molecule has 0 rings (SSSR count). The lowest BCUT2D eigenvalue weighted by Gasteiger charge is -2.30. The fraction of sp³-hybridized carbons (Fsp3) is 1.00. The molecule has 4 nitrogen and oxygen atoms in total. The lowest BCUT2D eigenvalue weighted by Crippen LogP contribution is -2.44. The molecule has 0 spiro atoms. The molecule has 86 valence electrons. The van der Waals surface area contributed by atoms with Crippen LogP contribution in [0.15, 0.2) is 0 Å². The molecule has 0 radical (unpaired) electrons. The number of nitrogens with one attached hydrogen (secondary N) is 2. The van der Waals surface area contributed by atoms with Crippen molar-refractivity contribution in [2.24, 2.45) is 0 Å². The van der Waals surface area contributed by atoms with Gasteiger partial charge >= 0.3 is 0 Å². The maximum Gasteiger partial charge on any atom is 0.0625 e. The van der Waals surface area contributed by atoms with Gasteiger partial charge in [0.25, 0.3) is 0 Å². The normalized spacial score (nSPS) is 12.0. The lowest BCUT2D eigenvalue weighted by atomic mass is 10.3. The molecule has 0 atom stereocenters. The molecule has 14 heavy (non-hydrogen) atoms. The Morgan fingerprint density at radius 1 is 0.929 bits per heavy atom.